The highest BCUT2D eigenvalue weighted by atomic mass is 16.5. The van der Waals surface area contributed by atoms with Crippen LogP contribution in [0.25, 0.3) is 0 Å². The molecular formula is C20H28O3. The highest BCUT2D eigenvalue weighted by Gasteiger charge is 2.27. The van der Waals surface area contributed by atoms with Crippen LogP contribution in [0.1, 0.15) is 32.3 Å². The van der Waals surface area contributed by atoms with Crippen LogP contribution in [-0.4, -0.2) is 26.9 Å². The topological polar surface area (TPSA) is 27.7 Å². The molecule has 0 aliphatic carbocycles. The number of methoxy groups -OCH3 is 2. The zero-order valence-corrected chi connectivity index (χ0v) is 14.7. The molecule has 0 N–H and O–H groups in total. The van der Waals surface area contributed by atoms with Gasteiger partial charge in [-0.2, -0.15) is 0 Å². The zero-order chi connectivity index (χ0) is 17.1. The van der Waals surface area contributed by atoms with Crippen molar-refractivity contribution in [2.45, 2.75) is 39.4 Å². The summed E-state index contributed by atoms with van der Waals surface area (Å²) in [5.41, 5.74) is 1.01. The second kappa shape index (κ2) is 10.1. The lowest BCUT2D eigenvalue weighted by Gasteiger charge is -2.30. The lowest BCUT2D eigenvalue weighted by Crippen LogP contribution is -2.30. The first-order valence-electron chi connectivity index (χ1n) is 7.86. The third kappa shape index (κ3) is 6.90. The van der Waals surface area contributed by atoms with E-state index in [0.717, 1.165) is 17.7 Å². The van der Waals surface area contributed by atoms with Gasteiger partial charge in [-0.3, -0.25) is 0 Å². The molecule has 3 heteroatoms. The molecule has 1 unspecified atom stereocenters. The van der Waals surface area contributed by atoms with Gasteiger partial charge in [0.1, 0.15) is 11.9 Å². The lowest BCUT2D eigenvalue weighted by atomic mass is 9.83. The fourth-order valence-electron chi connectivity index (χ4n) is 2.16. The Morgan fingerprint density at radius 2 is 1.91 bits per heavy atom. The molecule has 0 saturated carbocycles. The van der Waals surface area contributed by atoms with Gasteiger partial charge in [0.15, 0.2) is 0 Å². The number of rotatable bonds is 9. The van der Waals surface area contributed by atoms with E-state index in [-0.39, 0.29) is 11.5 Å². The number of benzene rings is 1. The van der Waals surface area contributed by atoms with E-state index in [1.165, 1.54) is 0 Å². The molecule has 23 heavy (non-hydrogen) atoms. The quantitative estimate of drug-likeness (QED) is 0.388. The number of hydrogen-bond donors (Lipinski definition) is 0. The van der Waals surface area contributed by atoms with E-state index in [4.69, 9.17) is 14.2 Å². The highest BCUT2D eigenvalue weighted by molar-refractivity contribution is 5.26. The highest BCUT2D eigenvalue weighted by Crippen LogP contribution is 2.28. The maximum atomic E-state index is 6.10. The first-order valence-corrected chi connectivity index (χ1v) is 7.86. The monoisotopic (exact) mass is 316 g/mol. The van der Waals surface area contributed by atoms with Gasteiger partial charge in [0.05, 0.1) is 20.3 Å². The molecule has 1 aromatic carbocycles. The van der Waals surface area contributed by atoms with Crippen LogP contribution in [0.15, 0.2) is 36.9 Å². The molecule has 1 aromatic rings. The van der Waals surface area contributed by atoms with Crippen molar-refractivity contribution < 1.29 is 14.2 Å². The Labute approximate surface area is 140 Å². The van der Waals surface area contributed by atoms with Crippen molar-refractivity contribution in [2.75, 3.05) is 20.8 Å². The molecular weight excluding hydrogens is 288 g/mol. The van der Waals surface area contributed by atoms with Crippen LogP contribution in [0.2, 0.25) is 0 Å². The molecule has 1 rings (SSSR count). The summed E-state index contributed by atoms with van der Waals surface area (Å²) in [6.07, 6.45) is 3.32. The van der Waals surface area contributed by atoms with Gasteiger partial charge in [0.25, 0.3) is 0 Å². The molecule has 1 atom stereocenters. The molecule has 0 bridgehead atoms. The van der Waals surface area contributed by atoms with Gasteiger partial charge in [-0.25, -0.2) is 0 Å². The summed E-state index contributed by atoms with van der Waals surface area (Å²) >= 11 is 0. The average molecular weight is 316 g/mol. The fourth-order valence-corrected chi connectivity index (χ4v) is 2.16. The molecule has 0 spiro atoms. The first kappa shape index (κ1) is 19.3. The summed E-state index contributed by atoms with van der Waals surface area (Å²) in [5, 5.41) is 0. The smallest absolute Gasteiger partial charge is 0.124 e. The predicted molar refractivity (Wildman–Crippen MR) is 94.4 cm³/mol. The first-order chi connectivity index (χ1) is 11.0. The standard InChI is InChI=1S/C20H28O3/c1-6-14-20(2,3)19(9-7-8-15-21-4)23-16-17-10-12-18(22-5)13-11-17/h6,10-13,19H,1,8,14-16H2,2-5H3. The van der Waals surface area contributed by atoms with Crippen LogP contribution < -0.4 is 4.74 Å². The zero-order valence-electron chi connectivity index (χ0n) is 14.7. The molecule has 3 nitrogen and oxygen atoms in total. The molecule has 0 radical (unpaired) electrons. The van der Waals surface area contributed by atoms with Gasteiger partial charge in [-0.1, -0.05) is 43.9 Å². The van der Waals surface area contributed by atoms with Gasteiger partial charge in [0.2, 0.25) is 0 Å². The summed E-state index contributed by atoms with van der Waals surface area (Å²) < 4.78 is 16.3. The van der Waals surface area contributed by atoms with E-state index in [1.807, 2.05) is 30.3 Å². The van der Waals surface area contributed by atoms with E-state index >= 15 is 0 Å². The Kier molecular flexibility index (Phi) is 8.47. The van der Waals surface area contributed by atoms with Gasteiger partial charge in [-0.05, 0) is 24.1 Å². The van der Waals surface area contributed by atoms with Crippen molar-refractivity contribution in [3.05, 3.63) is 42.5 Å². The largest absolute Gasteiger partial charge is 0.497 e. The van der Waals surface area contributed by atoms with Crippen LogP contribution >= 0.6 is 0 Å². The van der Waals surface area contributed by atoms with Gasteiger partial charge in [0, 0.05) is 18.9 Å². The van der Waals surface area contributed by atoms with E-state index in [0.29, 0.717) is 19.6 Å². The Morgan fingerprint density at radius 3 is 2.48 bits per heavy atom. The number of hydrogen-bond acceptors (Lipinski definition) is 3. The SMILES string of the molecule is C=CCC(C)(C)C(C#CCCOC)OCc1ccc(OC)cc1. The summed E-state index contributed by atoms with van der Waals surface area (Å²) in [5.74, 6) is 7.24. The van der Waals surface area contributed by atoms with Crippen LogP contribution in [-0.2, 0) is 16.1 Å². The molecule has 0 amide bonds. The Hall–Kier alpha value is -1.76. The third-order valence-electron chi connectivity index (χ3n) is 3.62. The summed E-state index contributed by atoms with van der Waals surface area (Å²) in [4.78, 5) is 0. The van der Waals surface area contributed by atoms with E-state index in [2.05, 4.69) is 32.3 Å². The number of ether oxygens (including phenoxy) is 3. The average Bonchev–Trinajstić information content (AvgIpc) is 2.54. The molecule has 0 aliphatic heterocycles. The number of allylic oxidation sites excluding steroid dienone is 1. The lowest BCUT2D eigenvalue weighted by molar-refractivity contribution is 0.00354. The van der Waals surface area contributed by atoms with E-state index in [9.17, 15) is 0 Å². The molecule has 0 aliphatic rings. The van der Waals surface area contributed by atoms with E-state index in [1.54, 1.807) is 14.2 Å². The fraction of sp³-hybridized carbons (Fsp3) is 0.500. The second-order valence-electron chi connectivity index (χ2n) is 6.08. The minimum absolute atomic E-state index is 0.0890. The predicted octanol–water partition coefficient (Wildman–Crippen LogP) is 4.22. The minimum Gasteiger partial charge on any atom is -0.497 e. The van der Waals surface area contributed by atoms with Crippen molar-refractivity contribution in [3.8, 4) is 17.6 Å². The molecule has 0 aromatic heterocycles. The van der Waals surface area contributed by atoms with Crippen molar-refractivity contribution in [1.82, 2.24) is 0 Å². The van der Waals surface area contributed by atoms with Crippen molar-refractivity contribution in [3.63, 3.8) is 0 Å². The Balaban J connectivity index is 2.73. The van der Waals surface area contributed by atoms with Gasteiger partial charge < -0.3 is 14.2 Å². The van der Waals surface area contributed by atoms with Crippen LogP contribution in [0.3, 0.4) is 0 Å². The van der Waals surface area contributed by atoms with Crippen molar-refractivity contribution in [1.29, 1.82) is 0 Å². The Morgan fingerprint density at radius 1 is 1.22 bits per heavy atom. The molecule has 0 saturated heterocycles. The summed E-state index contributed by atoms with van der Waals surface area (Å²) in [7, 11) is 3.34. The molecule has 0 fully saturated rings. The maximum Gasteiger partial charge on any atom is 0.124 e. The second-order valence-corrected chi connectivity index (χ2v) is 6.08. The van der Waals surface area contributed by atoms with Crippen LogP contribution in [0, 0.1) is 17.3 Å². The van der Waals surface area contributed by atoms with Gasteiger partial charge in [-0.15, -0.1) is 6.58 Å². The molecule has 126 valence electrons. The van der Waals surface area contributed by atoms with Crippen LogP contribution in [0.4, 0.5) is 0 Å². The Bertz CT molecular complexity index is 520. The third-order valence-corrected chi connectivity index (χ3v) is 3.62. The minimum atomic E-state index is -0.153. The molecule has 0 heterocycles. The van der Waals surface area contributed by atoms with Gasteiger partial charge >= 0.3 is 0 Å². The van der Waals surface area contributed by atoms with E-state index < -0.39 is 0 Å². The summed E-state index contributed by atoms with van der Waals surface area (Å²) in [6, 6.07) is 7.89. The van der Waals surface area contributed by atoms with Crippen molar-refractivity contribution >= 4 is 0 Å². The van der Waals surface area contributed by atoms with Crippen molar-refractivity contribution in [2.24, 2.45) is 5.41 Å². The normalized spacial score (nSPS) is 12.2. The van der Waals surface area contributed by atoms with Crippen LogP contribution in [0.5, 0.6) is 5.75 Å². The maximum absolute atomic E-state index is 6.10. The summed E-state index contributed by atoms with van der Waals surface area (Å²) in [6.45, 7) is 9.30.